The zero-order valence-electron chi connectivity index (χ0n) is 21.8. The minimum atomic E-state index is -3.80. The monoisotopic (exact) mass is 505 g/mol. The predicted octanol–water partition coefficient (Wildman–Crippen LogP) is 5.24. The van der Waals surface area contributed by atoms with Crippen LogP contribution in [0.3, 0.4) is 0 Å². The van der Waals surface area contributed by atoms with E-state index in [2.05, 4.69) is 19.2 Å². The quantitative estimate of drug-likeness (QED) is 0.310. The molecule has 6 nitrogen and oxygen atoms in total. The first-order valence-electron chi connectivity index (χ1n) is 13.4. The van der Waals surface area contributed by atoms with Gasteiger partial charge in [0.1, 0.15) is 0 Å². The lowest BCUT2D eigenvalue weighted by atomic mass is 9.49. The van der Waals surface area contributed by atoms with Crippen molar-refractivity contribution in [2.24, 2.45) is 28.6 Å². The fourth-order valence-electron chi connectivity index (χ4n) is 7.11. The van der Waals surface area contributed by atoms with Crippen LogP contribution in [0.5, 0.6) is 0 Å². The highest BCUT2D eigenvalue weighted by Crippen LogP contribution is 2.61. The maximum atomic E-state index is 13.0. The Morgan fingerprint density at radius 1 is 1.09 bits per heavy atom. The number of rotatable bonds is 12. The molecule has 4 bridgehead atoms. The van der Waals surface area contributed by atoms with Gasteiger partial charge in [-0.05, 0) is 94.1 Å². The zero-order valence-corrected chi connectivity index (χ0v) is 22.7. The van der Waals surface area contributed by atoms with Gasteiger partial charge < -0.3 is 10.1 Å². The first kappa shape index (κ1) is 26.6. The molecule has 0 aliphatic heterocycles. The number of carbonyl (C=O) groups excluding carboxylic acids is 1. The summed E-state index contributed by atoms with van der Waals surface area (Å²) in [4.78, 5) is 13.2. The highest BCUT2D eigenvalue weighted by atomic mass is 32.2. The summed E-state index contributed by atoms with van der Waals surface area (Å²) < 4.78 is 35.8. The second-order valence-corrected chi connectivity index (χ2v) is 13.6. The average Bonchev–Trinajstić information content (AvgIpc) is 2.79. The number of ether oxygens (including phenoxy) is 1. The maximum Gasteiger partial charge on any atom is 0.297 e. The lowest BCUT2D eigenvalue weighted by molar-refractivity contribution is -0.130. The molecule has 196 valence electrons. The Kier molecular flexibility index (Phi) is 7.99. The van der Waals surface area contributed by atoms with Crippen LogP contribution in [-0.4, -0.2) is 40.2 Å². The predicted molar refractivity (Wildman–Crippen MR) is 136 cm³/mol. The Hall–Kier alpha value is -1.44. The van der Waals surface area contributed by atoms with Gasteiger partial charge in [0, 0.05) is 18.4 Å². The summed E-state index contributed by atoms with van der Waals surface area (Å²) in [7, 11) is -3.80. The number of aryl methyl sites for hydroxylation is 1. The van der Waals surface area contributed by atoms with E-state index in [9.17, 15) is 13.2 Å². The Morgan fingerprint density at radius 3 is 2.20 bits per heavy atom. The van der Waals surface area contributed by atoms with Crippen molar-refractivity contribution in [1.29, 1.82) is 0 Å². The minimum Gasteiger partial charge on any atom is -0.375 e. The third-order valence-electron chi connectivity index (χ3n) is 9.18. The van der Waals surface area contributed by atoms with E-state index < -0.39 is 10.1 Å². The van der Waals surface area contributed by atoms with E-state index in [1.165, 1.54) is 38.5 Å². The number of nitrogens with one attached hydrogen (secondary N) is 1. The summed E-state index contributed by atoms with van der Waals surface area (Å²) in [5, 5.41) is 3.22. The van der Waals surface area contributed by atoms with Crippen LogP contribution < -0.4 is 5.32 Å². The highest BCUT2D eigenvalue weighted by molar-refractivity contribution is 7.86. The fraction of sp³-hybridized carbons (Fsp3) is 0.750. The van der Waals surface area contributed by atoms with Gasteiger partial charge in [0.2, 0.25) is 5.91 Å². The average molecular weight is 506 g/mol. The van der Waals surface area contributed by atoms with Crippen LogP contribution in [0.4, 0.5) is 0 Å². The lowest BCUT2D eigenvalue weighted by Crippen LogP contribution is -2.49. The van der Waals surface area contributed by atoms with Gasteiger partial charge in [0.05, 0.1) is 24.2 Å². The highest BCUT2D eigenvalue weighted by Gasteiger charge is 2.51. The minimum absolute atomic E-state index is 0.0429. The smallest absolute Gasteiger partial charge is 0.297 e. The van der Waals surface area contributed by atoms with Gasteiger partial charge in [0.15, 0.2) is 0 Å². The summed E-state index contributed by atoms with van der Waals surface area (Å²) in [6.45, 7) is 8.79. The lowest BCUT2D eigenvalue weighted by Gasteiger charge is -2.56. The molecule has 1 aromatic rings. The topological polar surface area (TPSA) is 81.7 Å². The van der Waals surface area contributed by atoms with E-state index in [0.717, 1.165) is 29.7 Å². The third-order valence-corrected chi connectivity index (χ3v) is 10.5. The van der Waals surface area contributed by atoms with E-state index in [0.29, 0.717) is 13.0 Å². The Morgan fingerprint density at radius 2 is 1.66 bits per heavy atom. The molecule has 7 heteroatoms. The van der Waals surface area contributed by atoms with Crippen molar-refractivity contribution in [2.75, 3.05) is 19.8 Å². The van der Waals surface area contributed by atoms with E-state index in [-0.39, 0.29) is 41.0 Å². The van der Waals surface area contributed by atoms with Gasteiger partial charge in [-0.25, -0.2) is 0 Å². The number of hydrogen-bond donors (Lipinski definition) is 1. The number of amides is 1. The SMILES string of the molecule is CCC(C)(CNC(=O)CC12CC3CC(CC(C3)C1)C2)C(C)OCCOS(=O)(=O)c1ccc(C)cc1. The van der Waals surface area contributed by atoms with Crippen molar-refractivity contribution in [3.8, 4) is 0 Å². The van der Waals surface area contributed by atoms with Crippen LogP contribution >= 0.6 is 0 Å². The molecule has 0 aromatic heterocycles. The number of carbonyl (C=O) groups is 1. The Bertz CT molecular complexity index is 954. The Balaban J connectivity index is 1.22. The van der Waals surface area contributed by atoms with Gasteiger partial charge in [-0.1, -0.05) is 31.5 Å². The second-order valence-electron chi connectivity index (χ2n) is 12.0. The van der Waals surface area contributed by atoms with Gasteiger partial charge in [-0.15, -0.1) is 0 Å². The van der Waals surface area contributed by atoms with Crippen molar-refractivity contribution in [1.82, 2.24) is 5.32 Å². The van der Waals surface area contributed by atoms with Crippen LogP contribution in [0.15, 0.2) is 29.2 Å². The Labute approximate surface area is 211 Å². The van der Waals surface area contributed by atoms with E-state index in [4.69, 9.17) is 8.92 Å². The van der Waals surface area contributed by atoms with Crippen LogP contribution in [-0.2, 0) is 23.8 Å². The normalized spacial score (nSPS) is 30.1. The van der Waals surface area contributed by atoms with Gasteiger partial charge in [-0.3, -0.25) is 8.98 Å². The van der Waals surface area contributed by atoms with Gasteiger partial charge >= 0.3 is 0 Å². The van der Waals surface area contributed by atoms with Crippen molar-refractivity contribution in [3.63, 3.8) is 0 Å². The molecule has 4 aliphatic rings. The maximum absolute atomic E-state index is 13.0. The van der Waals surface area contributed by atoms with Crippen LogP contribution in [0.25, 0.3) is 0 Å². The van der Waals surface area contributed by atoms with E-state index in [1.807, 2.05) is 13.8 Å². The second kappa shape index (κ2) is 10.5. The molecule has 4 fully saturated rings. The molecule has 0 saturated heterocycles. The molecule has 0 radical (unpaired) electrons. The molecule has 0 heterocycles. The molecule has 0 spiro atoms. The summed E-state index contributed by atoms with van der Waals surface area (Å²) in [6.07, 6.45) is 9.23. The molecule has 2 atom stereocenters. The van der Waals surface area contributed by atoms with Crippen LogP contribution in [0.2, 0.25) is 0 Å². The molecule has 35 heavy (non-hydrogen) atoms. The third kappa shape index (κ3) is 6.28. The molecule has 2 unspecified atom stereocenters. The van der Waals surface area contributed by atoms with Gasteiger partial charge in [0.25, 0.3) is 10.1 Å². The van der Waals surface area contributed by atoms with Crippen molar-refractivity contribution >= 4 is 16.0 Å². The molecule has 1 aromatic carbocycles. The standard InChI is InChI=1S/C28H43NO5S/c1-5-27(4,21(3)33-10-11-34-35(31,32)25-8-6-20(2)7-9-25)19-29-26(30)18-28-15-22-12-23(16-28)14-24(13-22)17-28/h6-9,21-24H,5,10-19H2,1-4H3,(H,29,30). The summed E-state index contributed by atoms with van der Waals surface area (Å²) in [6, 6.07) is 6.60. The molecule has 4 saturated carbocycles. The molecule has 1 amide bonds. The van der Waals surface area contributed by atoms with Crippen LogP contribution in [0.1, 0.15) is 77.7 Å². The molecule has 5 rings (SSSR count). The molecular formula is C28H43NO5S. The summed E-state index contributed by atoms with van der Waals surface area (Å²) in [5.41, 5.74) is 0.988. The fourth-order valence-corrected chi connectivity index (χ4v) is 8.00. The number of hydrogen-bond acceptors (Lipinski definition) is 5. The molecule has 4 aliphatic carbocycles. The molecular weight excluding hydrogens is 462 g/mol. The van der Waals surface area contributed by atoms with E-state index in [1.54, 1.807) is 24.3 Å². The van der Waals surface area contributed by atoms with Crippen molar-refractivity contribution in [2.45, 2.75) is 90.1 Å². The van der Waals surface area contributed by atoms with Crippen molar-refractivity contribution in [3.05, 3.63) is 29.8 Å². The van der Waals surface area contributed by atoms with Gasteiger partial charge in [-0.2, -0.15) is 8.42 Å². The first-order valence-corrected chi connectivity index (χ1v) is 14.8. The van der Waals surface area contributed by atoms with Crippen molar-refractivity contribution < 1.29 is 22.1 Å². The van der Waals surface area contributed by atoms with E-state index >= 15 is 0 Å². The van der Waals surface area contributed by atoms with Crippen LogP contribution in [0, 0.1) is 35.5 Å². The number of benzene rings is 1. The zero-order chi connectivity index (χ0) is 25.3. The summed E-state index contributed by atoms with van der Waals surface area (Å²) >= 11 is 0. The summed E-state index contributed by atoms with van der Waals surface area (Å²) in [5.74, 6) is 2.72. The first-order chi connectivity index (χ1) is 16.5. The largest absolute Gasteiger partial charge is 0.375 e. The molecule has 1 N–H and O–H groups in total.